The first-order valence-corrected chi connectivity index (χ1v) is 8.28. The lowest BCUT2D eigenvalue weighted by molar-refractivity contribution is 0.102. The van der Waals surface area contributed by atoms with Gasteiger partial charge in [-0.25, -0.2) is 18.2 Å². The van der Waals surface area contributed by atoms with E-state index in [1.165, 1.54) is 6.20 Å². The molecule has 140 valence electrons. The number of amides is 1. The number of nitrogens with zero attached hydrogens (tertiary/aromatic N) is 2. The summed E-state index contributed by atoms with van der Waals surface area (Å²) in [6.45, 7) is 4.25. The van der Waals surface area contributed by atoms with Crippen LogP contribution in [0.25, 0.3) is 11.0 Å². The monoisotopic (exact) mass is 375 g/mol. The molecule has 1 aromatic carbocycles. The van der Waals surface area contributed by atoms with E-state index < -0.39 is 28.8 Å². The Labute approximate surface area is 152 Å². The summed E-state index contributed by atoms with van der Waals surface area (Å²) in [6, 6.07) is 4.53. The Morgan fingerprint density at radius 1 is 1.19 bits per heavy atom. The standard InChI is InChI=1S/C19H16F3N3O2/c1-3-6-25-9-13(17(26)12-5-4-10(2)23-18(12)25)19(27)24-11-7-14(20)16(22)15(21)8-11/h4-5,7-9H,3,6H2,1-2H3,(H,24,27). The highest BCUT2D eigenvalue weighted by atomic mass is 19.2. The Bertz CT molecular complexity index is 1090. The van der Waals surface area contributed by atoms with Crippen molar-refractivity contribution in [2.24, 2.45) is 0 Å². The number of carbonyl (C=O) groups excluding carboxylic acids is 1. The Hall–Kier alpha value is -3.16. The molecule has 1 amide bonds. The highest BCUT2D eigenvalue weighted by molar-refractivity contribution is 6.05. The van der Waals surface area contributed by atoms with Crippen LogP contribution in [0.15, 0.2) is 35.3 Å². The summed E-state index contributed by atoms with van der Waals surface area (Å²) < 4.78 is 41.4. The average Bonchev–Trinajstić information content (AvgIpc) is 2.61. The van der Waals surface area contributed by atoms with E-state index >= 15 is 0 Å². The third kappa shape index (κ3) is 3.55. The van der Waals surface area contributed by atoms with Gasteiger partial charge in [0.1, 0.15) is 11.2 Å². The maximum Gasteiger partial charge on any atom is 0.261 e. The molecule has 0 radical (unpaired) electrons. The van der Waals surface area contributed by atoms with E-state index in [2.05, 4.69) is 10.3 Å². The van der Waals surface area contributed by atoms with Gasteiger partial charge in [-0.2, -0.15) is 0 Å². The van der Waals surface area contributed by atoms with Gasteiger partial charge in [-0.15, -0.1) is 0 Å². The van der Waals surface area contributed by atoms with Crippen molar-refractivity contribution in [2.45, 2.75) is 26.8 Å². The number of pyridine rings is 2. The maximum atomic E-state index is 13.3. The number of fused-ring (bicyclic) bond motifs is 1. The van der Waals surface area contributed by atoms with Crippen molar-refractivity contribution in [3.05, 3.63) is 69.4 Å². The van der Waals surface area contributed by atoms with Gasteiger partial charge >= 0.3 is 0 Å². The molecular weight excluding hydrogens is 359 g/mol. The Morgan fingerprint density at radius 2 is 1.85 bits per heavy atom. The fraction of sp³-hybridized carbons (Fsp3) is 0.211. The van der Waals surface area contributed by atoms with E-state index in [1.807, 2.05) is 6.92 Å². The van der Waals surface area contributed by atoms with Crippen LogP contribution in [0.4, 0.5) is 18.9 Å². The Balaban J connectivity index is 2.08. The molecule has 8 heteroatoms. The van der Waals surface area contributed by atoms with Crippen molar-refractivity contribution in [3.8, 4) is 0 Å². The second-order valence-corrected chi connectivity index (χ2v) is 6.10. The lowest BCUT2D eigenvalue weighted by Crippen LogP contribution is -2.24. The molecule has 27 heavy (non-hydrogen) atoms. The predicted molar refractivity (Wildman–Crippen MR) is 95.3 cm³/mol. The van der Waals surface area contributed by atoms with E-state index in [9.17, 15) is 22.8 Å². The molecule has 1 N–H and O–H groups in total. The molecule has 0 aliphatic heterocycles. The van der Waals surface area contributed by atoms with Crippen molar-refractivity contribution in [1.29, 1.82) is 0 Å². The van der Waals surface area contributed by atoms with Crippen molar-refractivity contribution < 1.29 is 18.0 Å². The zero-order valence-electron chi connectivity index (χ0n) is 14.6. The van der Waals surface area contributed by atoms with Crippen LogP contribution in [-0.4, -0.2) is 15.5 Å². The summed E-state index contributed by atoms with van der Waals surface area (Å²) in [6.07, 6.45) is 2.11. The largest absolute Gasteiger partial charge is 0.331 e. The first-order valence-electron chi connectivity index (χ1n) is 8.28. The van der Waals surface area contributed by atoms with Gasteiger partial charge in [-0.05, 0) is 25.5 Å². The van der Waals surface area contributed by atoms with Gasteiger partial charge in [0, 0.05) is 36.3 Å². The van der Waals surface area contributed by atoms with Crippen molar-refractivity contribution in [3.63, 3.8) is 0 Å². The number of carbonyl (C=O) groups is 1. The average molecular weight is 375 g/mol. The SMILES string of the molecule is CCCn1cc(C(=O)Nc2cc(F)c(F)c(F)c2)c(=O)c2ccc(C)nc21. The third-order valence-corrected chi connectivity index (χ3v) is 4.01. The lowest BCUT2D eigenvalue weighted by atomic mass is 10.1. The number of aryl methyl sites for hydroxylation is 2. The first kappa shape index (κ1) is 18.6. The number of halogens is 3. The normalized spacial score (nSPS) is 11.0. The zero-order valence-corrected chi connectivity index (χ0v) is 14.6. The quantitative estimate of drug-likeness (QED) is 0.706. The van der Waals surface area contributed by atoms with Crippen LogP contribution < -0.4 is 10.7 Å². The summed E-state index contributed by atoms with van der Waals surface area (Å²) >= 11 is 0. The smallest absolute Gasteiger partial charge is 0.261 e. The summed E-state index contributed by atoms with van der Waals surface area (Å²) in [5, 5.41) is 2.50. The minimum Gasteiger partial charge on any atom is -0.331 e. The molecule has 0 spiro atoms. The van der Waals surface area contributed by atoms with Crippen LogP contribution in [0.5, 0.6) is 0 Å². The lowest BCUT2D eigenvalue weighted by Gasteiger charge is -2.13. The second kappa shape index (κ2) is 7.22. The zero-order chi connectivity index (χ0) is 19.7. The van der Waals surface area contributed by atoms with Crippen LogP contribution >= 0.6 is 0 Å². The van der Waals surface area contributed by atoms with Crippen molar-refractivity contribution in [2.75, 3.05) is 5.32 Å². The van der Waals surface area contributed by atoms with E-state index in [0.717, 1.165) is 12.1 Å². The number of anilines is 1. The number of hydrogen-bond acceptors (Lipinski definition) is 3. The molecule has 0 saturated carbocycles. The molecule has 2 heterocycles. The second-order valence-electron chi connectivity index (χ2n) is 6.10. The first-order chi connectivity index (χ1) is 12.8. The van der Waals surface area contributed by atoms with E-state index in [-0.39, 0.29) is 16.6 Å². The van der Waals surface area contributed by atoms with Crippen LogP contribution in [-0.2, 0) is 6.54 Å². The molecule has 3 aromatic rings. The number of rotatable bonds is 4. The van der Waals surface area contributed by atoms with Gasteiger partial charge in [0.25, 0.3) is 5.91 Å². The number of aromatic nitrogens is 2. The maximum absolute atomic E-state index is 13.3. The summed E-state index contributed by atoms with van der Waals surface area (Å²) in [4.78, 5) is 29.6. The molecule has 0 bridgehead atoms. The number of nitrogens with one attached hydrogen (secondary N) is 1. The van der Waals surface area contributed by atoms with Crippen LogP contribution in [0, 0.1) is 24.4 Å². The number of hydrogen-bond donors (Lipinski definition) is 1. The molecular formula is C19H16F3N3O2. The molecule has 0 fully saturated rings. The summed E-state index contributed by atoms with van der Waals surface area (Å²) in [7, 11) is 0. The molecule has 5 nitrogen and oxygen atoms in total. The van der Waals surface area contributed by atoms with E-state index in [1.54, 1.807) is 23.6 Å². The van der Waals surface area contributed by atoms with Crippen LogP contribution in [0.2, 0.25) is 0 Å². The number of benzene rings is 1. The van der Waals surface area contributed by atoms with Gasteiger partial charge < -0.3 is 9.88 Å². The van der Waals surface area contributed by atoms with Gasteiger partial charge in [0.2, 0.25) is 5.43 Å². The molecule has 0 atom stereocenters. The predicted octanol–water partition coefficient (Wildman–Crippen LogP) is 3.78. The van der Waals surface area contributed by atoms with E-state index in [0.29, 0.717) is 24.3 Å². The van der Waals surface area contributed by atoms with Gasteiger partial charge in [0.15, 0.2) is 17.5 Å². The highest BCUT2D eigenvalue weighted by Gasteiger charge is 2.18. The minimum absolute atomic E-state index is 0.202. The van der Waals surface area contributed by atoms with Gasteiger partial charge in [0.05, 0.1) is 5.39 Å². The molecule has 0 unspecified atom stereocenters. The summed E-state index contributed by atoms with van der Waals surface area (Å²) in [5.74, 6) is -5.36. The van der Waals surface area contributed by atoms with Gasteiger partial charge in [-0.3, -0.25) is 9.59 Å². The molecule has 2 aromatic heterocycles. The van der Waals surface area contributed by atoms with E-state index in [4.69, 9.17) is 0 Å². The van der Waals surface area contributed by atoms with Crippen LogP contribution in [0.1, 0.15) is 29.4 Å². The third-order valence-electron chi connectivity index (χ3n) is 4.01. The molecule has 0 aliphatic rings. The summed E-state index contributed by atoms with van der Waals surface area (Å²) in [5.41, 5.74) is 0.135. The fourth-order valence-electron chi connectivity index (χ4n) is 2.76. The Morgan fingerprint density at radius 3 is 2.48 bits per heavy atom. The molecule has 0 aliphatic carbocycles. The topological polar surface area (TPSA) is 64.0 Å². The molecule has 3 rings (SSSR count). The minimum atomic E-state index is -1.63. The highest BCUT2D eigenvalue weighted by Crippen LogP contribution is 2.18. The molecule has 0 saturated heterocycles. The van der Waals surface area contributed by atoms with Crippen molar-refractivity contribution >= 4 is 22.6 Å². The Kier molecular flexibility index (Phi) is 4.98. The fourth-order valence-corrected chi connectivity index (χ4v) is 2.76. The van der Waals surface area contributed by atoms with Gasteiger partial charge in [-0.1, -0.05) is 6.92 Å². The van der Waals surface area contributed by atoms with Crippen molar-refractivity contribution in [1.82, 2.24) is 9.55 Å². The van der Waals surface area contributed by atoms with Crippen LogP contribution in [0.3, 0.4) is 0 Å².